The molecule has 11 heteroatoms. The SMILES string of the molecule is C=CC(=Nc1c(C)nc(CN2CCC(Cc3cccc(Oc4ccc(Cl)cc4F)n3)CC2)n1C[C@@H]1CCO1)C(=O)O. The van der Waals surface area contributed by atoms with Crippen molar-refractivity contribution >= 4 is 29.1 Å². The van der Waals surface area contributed by atoms with Crippen molar-refractivity contribution in [3.8, 4) is 11.6 Å². The number of hydrogen-bond donors (Lipinski definition) is 1. The van der Waals surface area contributed by atoms with Crippen molar-refractivity contribution in [2.75, 3.05) is 19.7 Å². The number of piperidine rings is 1. The summed E-state index contributed by atoms with van der Waals surface area (Å²) >= 11 is 5.83. The minimum Gasteiger partial charge on any atom is -0.477 e. The predicted molar refractivity (Wildman–Crippen MR) is 154 cm³/mol. The van der Waals surface area contributed by atoms with Crippen LogP contribution in [0.15, 0.2) is 54.0 Å². The van der Waals surface area contributed by atoms with Gasteiger partial charge in [-0.3, -0.25) is 4.90 Å². The Balaban J connectivity index is 1.22. The molecule has 1 atom stereocenters. The van der Waals surface area contributed by atoms with Gasteiger partial charge >= 0.3 is 5.97 Å². The zero-order chi connectivity index (χ0) is 28.9. The third-order valence-electron chi connectivity index (χ3n) is 7.47. The average molecular weight is 582 g/mol. The molecule has 2 aliphatic heterocycles. The monoisotopic (exact) mass is 581 g/mol. The average Bonchev–Trinajstić information content (AvgIpc) is 3.20. The first-order valence-electron chi connectivity index (χ1n) is 13.7. The number of carboxylic acid groups (broad SMARTS) is 1. The van der Waals surface area contributed by atoms with Crippen LogP contribution in [0.5, 0.6) is 11.6 Å². The molecule has 216 valence electrons. The van der Waals surface area contributed by atoms with E-state index in [0.717, 1.165) is 56.9 Å². The van der Waals surface area contributed by atoms with E-state index in [4.69, 9.17) is 26.1 Å². The number of likely N-dealkylation sites (tertiary alicyclic amines) is 1. The van der Waals surface area contributed by atoms with Gasteiger partial charge in [0.1, 0.15) is 11.5 Å². The van der Waals surface area contributed by atoms with Crippen molar-refractivity contribution in [3.63, 3.8) is 0 Å². The Morgan fingerprint density at radius 3 is 2.71 bits per heavy atom. The zero-order valence-corrected chi connectivity index (χ0v) is 23.7. The van der Waals surface area contributed by atoms with Crippen molar-refractivity contribution in [1.82, 2.24) is 19.4 Å². The van der Waals surface area contributed by atoms with Crippen LogP contribution in [0.25, 0.3) is 0 Å². The van der Waals surface area contributed by atoms with Crippen LogP contribution >= 0.6 is 11.6 Å². The lowest BCUT2D eigenvalue weighted by molar-refractivity contribution is -0.129. The number of halogens is 2. The maximum Gasteiger partial charge on any atom is 0.354 e. The van der Waals surface area contributed by atoms with Crippen LogP contribution in [0, 0.1) is 18.7 Å². The number of nitrogens with zero attached hydrogens (tertiary/aromatic N) is 5. The number of aliphatic imine (C=N–C) groups is 1. The van der Waals surface area contributed by atoms with Gasteiger partial charge in [-0.2, -0.15) is 0 Å². The summed E-state index contributed by atoms with van der Waals surface area (Å²) in [4.78, 5) is 27.7. The van der Waals surface area contributed by atoms with E-state index in [2.05, 4.69) is 21.5 Å². The van der Waals surface area contributed by atoms with E-state index in [9.17, 15) is 14.3 Å². The number of aryl methyl sites for hydroxylation is 1. The van der Waals surface area contributed by atoms with Crippen LogP contribution in [0.4, 0.5) is 10.2 Å². The third-order valence-corrected chi connectivity index (χ3v) is 7.70. The second-order valence-electron chi connectivity index (χ2n) is 10.4. The summed E-state index contributed by atoms with van der Waals surface area (Å²) < 4.78 is 27.5. The number of imidazole rings is 1. The molecule has 0 radical (unpaired) electrons. The summed E-state index contributed by atoms with van der Waals surface area (Å²) in [6.07, 6.45) is 5.06. The van der Waals surface area contributed by atoms with Crippen molar-refractivity contribution < 1.29 is 23.8 Å². The van der Waals surface area contributed by atoms with E-state index in [1.165, 1.54) is 18.2 Å². The highest BCUT2D eigenvalue weighted by atomic mass is 35.5. The molecular weight excluding hydrogens is 549 g/mol. The van der Waals surface area contributed by atoms with Crippen LogP contribution < -0.4 is 4.74 Å². The molecular formula is C30H33ClFN5O4. The normalized spacial score (nSPS) is 18.2. The number of benzene rings is 1. The molecule has 2 aliphatic rings. The molecule has 4 heterocycles. The zero-order valence-electron chi connectivity index (χ0n) is 22.9. The molecule has 0 aliphatic carbocycles. The molecule has 41 heavy (non-hydrogen) atoms. The van der Waals surface area contributed by atoms with Gasteiger partial charge in [0.25, 0.3) is 0 Å². The Labute approximate surface area is 243 Å². The van der Waals surface area contributed by atoms with Gasteiger partial charge in [0.15, 0.2) is 17.4 Å². The summed E-state index contributed by atoms with van der Waals surface area (Å²) in [6, 6.07) is 9.84. The molecule has 9 nitrogen and oxygen atoms in total. The Bertz CT molecular complexity index is 1450. The van der Waals surface area contributed by atoms with E-state index in [-0.39, 0.29) is 17.6 Å². The van der Waals surface area contributed by atoms with Gasteiger partial charge in [-0.05, 0) is 82.0 Å². The summed E-state index contributed by atoms with van der Waals surface area (Å²) in [6.45, 7) is 9.18. The Morgan fingerprint density at radius 2 is 2.05 bits per heavy atom. The molecule has 0 saturated carbocycles. The third kappa shape index (κ3) is 7.19. The molecule has 1 aromatic carbocycles. The van der Waals surface area contributed by atoms with E-state index in [1.54, 1.807) is 12.1 Å². The van der Waals surface area contributed by atoms with Crippen LogP contribution in [-0.2, 0) is 29.0 Å². The quantitative estimate of drug-likeness (QED) is 0.287. The van der Waals surface area contributed by atoms with E-state index >= 15 is 0 Å². The number of pyridine rings is 1. The molecule has 0 amide bonds. The van der Waals surface area contributed by atoms with Crippen LogP contribution in [0.2, 0.25) is 5.02 Å². The number of aliphatic carboxylic acids is 1. The van der Waals surface area contributed by atoms with Crippen LogP contribution in [-0.4, -0.2) is 62.0 Å². The molecule has 2 saturated heterocycles. The van der Waals surface area contributed by atoms with Crippen molar-refractivity contribution in [3.05, 3.63) is 77.1 Å². The summed E-state index contributed by atoms with van der Waals surface area (Å²) in [5.41, 5.74) is 1.47. The first-order chi connectivity index (χ1) is 19.8. The molecule has 2 fully saturated rings. The molecule has 2 aromatic heterocycles. The fraction of sp³-hybridized carbons (Fsp3) is 0.400. The van der Waals surface area contributed by atoms with Gasteiger partial charge in [0.2, 0.25) is 5.88 Å². The second kappa shape index (κ2) is 12.9. The number of carbonyl (C=O) groups is 1. The van der Waals surface area contributed by atoms with E-state index in [1.807, 2.05) is 23.6 Å². The summed E-state index contributed by atoms with van der Waals surface area (Å²) in [7, 11) is 0. The number of carboxylic acids is 1. The van der Waals surface area contributed by atoms with Crippen molar-refractivity contribution in [2.45, 2.75) is 51.8 Å². The minimum absolute atomic E-state index is 0.0717. The summed E-state index contributed by atoms with van der Waals surface area (Å²) in [5.74, 6) is 0.618. The molecule has 1 N–H and O–H groups in total. The maximum atomic E-state index is 14.1. The first-order valence-corrected chi connectivity index (χ1v) is 14.1. The Morgan fingerprint density at radius 1 is 1.27 bits per heavy atom. The summed E-state index contributed by atoms with van der Waals surface area (Å²) in [5, 5.41) is 9.77. The second-order valence-corrected chi connectivity index (χ2v) is 10.8. The lowest BCUT2D eigenvalue weighted by atomic mass is 9.92. The Hall–Kier alpha value is -3.60. The largest absolute Gasteiger partial charge is 0.477 e. The number of ether oxygens (including phenoxy) is 2. The van der Waals surface area contributed by atoms with Gasteiger partial charge < -0.3 is 19.1 Å². The molecule has 5 rings (SSSR count). The smallest absolute Gasteiger partial charge is 0.354 e. The van der Waals surface area contributed by atoms with Gasteiger partial charge in [-0.1, -0.05) is 24.2 Å². The lowest BCUT2D eigenvalue weighted by Crippen LogP contribution is -2.36. The molecule has 3 aromatic rings. The van der Waals surface area contributed by atoms with Crippen LogP contribution in [0.1, 0.15) is 36.5 Å². The maximum absolute atomic E-state index is 14.1. The Kier molecular flexibility index (Phi) is 9.12. The highest BCUT2D eigenvalue weighted by molar-refractivity contribution is 6.40. The highest BCUT2D eigenvalue weighted by Crippen LogP contribution is 2.29. The number of hydrogen-bond acceptors (Lipinski definition) is 7. The number of aromatic nitrogens is 3. The van der Waals surface area contributed by atoms with Crippen LogP contribution in [0.3, 0.4) is 0 Å². The number of rotatable bonds is 11. The van der Waals surface area contributed by atoms with E-state index < -0.39 is 11.8 Å². The van der Waals surface area contributed by atoms with Crippen molar-refractivity contribution in [2.24, 2.45) is 10.9 Å². The first kappa shape index (κ1) is 28.9. The fourth-order valence-corrected chi connectivity index (χ4v) is 5.30. The lowest BCUT2D eigenvalue weighted by Gasteiger charge is -2.32. The van der Waals surface area contributed by atoms with Gasteiger partial charge in [0, 0.05) is 23.4 Å². The molecule has 0 unspecified atom stereocenters. The standard InChI is InChI=1S/C30H33ClFN5O4/c1-3-25(30(38)39)35-29-19(2)33-27(37(29)17-23-11-14-40-23)18-36-12-9-20(10-13-36)15-22-5-4-6-28(34-22)41-26-8-7-21(31)16-24(26)32/h3-8,16,20,23H,1,9-15,17-18H2,2H3,(H,38,39)/t23-/m0/s1. The predicted octanol–water partition coefficient (Wildman–Crippen LogP) is 5.76. The highest BCUT2D eigenvalue weighted by Gasteiger charge is 2.26. The van der Waals surface area contributed by atoms with Gasteiger partial charge in [-0.15, -0.1) is 0 Å². The molecule has 0 spiro atoms. The fourth-order valence-electron chi connectivity index (χ4n) is 5.15. The van der Waals surface area contributed by atoms with E-state index in [0.29, 0.717) is 41.4 Å². The minimum atomic E-state index is -1.13. The molecule has 0 bridgehead atoms. The van der Waals surface area contributed by atoms with Gasteiger partial charge in [-0.25, -0.2) is 24.1 Å². The van der Waals surface area contributed by atoms with Gasteiger partial charge in [0.05, 0.1) is 24.9 Å². The van der Waals surface area contributed by atoms with Crippen molar-refractivity contribution in [1.29, 1.82) is 0 Å². The topological polar surface area (TPSA) is 102 Å².